The fourth-order valence-corrected chi connectivity index (χ4v) is 1.62. The van der Waals surface area contributed by atoms with Crippen LogP contribution in [0, 0.1) is 22.5 Å². The second-order valence-electron chi connectivity index (χ2n) is 5.47. The Morgan fingerprint density at radius 1 is 1.35 bits per heavy atom. The van der Waals surface area contributed by atoms with Gasteiger partial charge in [0.05, 0.1) is 4.92 Å². The van der Waals surface area contributed by atoms with Gasteiger partial charge in [0, 0.05) is 12.1 Å². The number of aryl methyl sites for hydroxylation is 1. The maximum Gasteiger partial charge on any atom is 0.295 e. The predicted octanol–water partition coefficient (Wildman–Crippen LogP) is 3.75. The fraction of sp³-hybridized carbons (Fsp3) is 0.538. The van der Waals surface area contributed by atoms with Crippen LogP contribution in [0.5, 0.6) is 0 Å². The van der Waals surface area contributed by atoms with E-state index in [0.29, 0.717) is 11.3 Å². The average Bonchev–Trinajstić information content (AvgIpc) is 2.14. The minimum absolute atomic E-state index is 0.182. The summed E-state index contributed by atoms with van der Waals surface area (Å²) in [5.41, 5.74) is 1.71. The number of nitro benzene ring substituents is 1. The molecule has 4 nitrogen and oxygen atoms in total. The van der Waals surface area contributed by atoms with E-state index in [0.717, 1.165) is 13.0 Å². The number of rotatable bonds is 4. The summed E-state index contributed by atoms with van der Waals surface area (Å²) < 4.78 is 0. The Hall–Kier alpha value is -1.58. The van der Waals surface area contributed by atoms with Crippen molar-refractivity contribution in [1.29, 1.82) is 0 Å². The van der Waals surface area contributed by atoms with Gasteiger partial charge in [0.15, 0.2) is 0 Å². The molecule has 17 heavy (non-hydrogen) atoms. The molecule has 0 saturated carbocycles. The van der Waals surface area contributed by atoms with Crippen molar-refractivity contribution < 1.29 is 4.92 Å². The third kappa shape index (κ3) is 4.06. The Labute approximate surface area is 102 Å². The zero-order chi connectivity index (χ0) is 13.1. The number of benzene rings is 1. The number of nitro groups is 1. The van der Waals surface area contributed by atoms with Crippen LogP contribution in [0.15, 0.2) is 18.2 Å². The first-order chi connectivity index (χ1) is 7.81. The van der Waals surface area contributed by atoms with Crippen LogP contribution < -0.4 is 5.32 Å². The molecule has 0 saturated heterocycles. The van der Waals surface area contributed by atoms with Crippen molar-refractivity contribution in [3.05, 3.63) is 33.9 Å². The molecule has 0 aliphatic rings. The second kappa shape index (κ2) is 5.17. The lowest BCUT2D eigenvalue weighted by atomic mass is 9.92. The normalized spacial score (nSPS) is 11.3. The molecule has 0 spiro atoms. The number of nitrogens with one attached hydrogen (secondary N) is 1. The Balaban J connectivity index is 2.78. The van der Waals surface area contributed by atoms with Gasteiger partial charge in [0.2, 0.25) is 0 Å². The van der Waals surface area contributed by atoms with E-state index in [1.54, 1.807) is 19.1 Å². The van der Waals surface area contributed by atoms with Gasteiger partial charge in [-0.3, -0.25) is 10.1 Å². The molecule has 94 valence electrons. The second-order valence-corrected chi connectivity index (χ2v) is 5.47. The molecule has 0 atom stereocenters. The van der Waals surface area contributed by atoms with Gasteiger partial charge in [-0.2, -0.15) is 0 Å². The number of nitrogens with zero attached hydrogens (tertiary/aromatic N) is 1. The van der Waals surface area contributed by atoms with Crippen LogP contribution >= 0.6 is 0 Å². The van der Waals surface area contributed by atoms with Gasteiger partial charge in [0.1, 0.15) is 5.69 Å². The van der Waals surface area contributed by atoms with E-state index in [4.69, 9.17) is 0 Å². The highest BCUT2D eigenvalue weighted by Crippen LogP contribution is 2.28. The number of anilines is 1. The molecule has 1 aromatic carbocycles. The van der Waals surface area contributed by atoms with Crippen molar-refractivity contribution in [1.82, 2.24) is 0 Å². The van der Waals surface area contributed by atoms with E-state index in [-0.39, 0.29) is 16.0 Å². The van der Waals surface area contributed by atoms with Crippen molar-refractivity contribution >= 4 is 11.4 Å². The van der Waals surface area contributed by atoms with Crippen molar-refractivity contribution in [3.63, 3.8) is 0 Å². The summed E-state index contributed by atoms with van der Waals surface area (Å²) in [6.07, 6.45) is 0.970. The Kier molecular flexibility index (Phi) is 4.10. The van der Waals surface area contributed by atoms with Crippen LogP contribution in [0.25, 0.3) is 0 Å². The third-order valence-electron chi connectivity index (χ3n) is 2.61. The highest BCUT2D eigenvalue weighted by atomic mass is 16.6. The zero-order valence-electron chi connectivity index (χ0n) is 10.9. The molecule has 4 heteroatoms. The maximum absolute atomic E-state index is 11.0. The standard InChI is InChI=1S/C13H20N2O2/c1-10-6-5-7-11(12(10)15(16)17)14-9-8-13(2,3)4/h5-7,14H,8-9H2,1-4H3. The number of para-hydroxylation sites is 1. The topological polar surface area (TPSA) is 55.2 Å². The van der Waals surface area contributed by atoms with E-state index < -0.39 is 0 Å². The van der Waals surface area contributed by atoms with Crippen LogP contribution in [0.2, 0.25) is 0 Å². The van der Waals surface area contributed by atoms with E-state index in [9.17, 15) is 10.1 Å². The minimum Gasteiger partial charge on any atom is -0.379 e. The summed E-state index contributed by atoms with van der Waals surface area (Å²) in [7, 11) is 0. The van der Waals surface area contributed by atoms with Crippen LogP contribution in [0.4, 0.5) is 11.4 Å². The van der Waals surface area contributed by atoms with Crippen LogP contribution in [-0.2, 0) is 0 Å². The Morgan fingerprint density at radius 2 is 2.00 bits per heavy atom. The van der Waals surface area contributed by atoms with Crippen molar-refractivity contribution in [2.75, 3.05) is 11.9 Å². The highest BCUT2D eigenvalue weighted by Gasteiger charge is 2.17. The third-order valence-corrected chi connectivity index (χ3v) is 2.61. The molecule has 0 aromatic heterocycles. The first-order valence-electron chi connectivity index (χ1n) is 5.79. The summed E-state index contributed by atoms with van der Waals surface area (Å²) in [6.45, 7) is 8.96. The smallest absolute Gasteiger partial charge is 0.295 e. The summed E-state index contributed by atoms with van der Waals surface area (Å²) >= 11 is 0. The molecule has 0 unspecified atom stereocenters. The molecular weight excluding hydrogens is 216 g/mol. The van der Waals surface area contributed by atoms with Gasteiger partial charge in [-0.25, -0.2) is 0 Å². The van der Waals surface area contributed by atoms with Crippen LogP contribution in [0.1, 0.15) is 32.8 Å². The highest BCUT2D eigenvalue weighted by molar-refractivity contribution is 5.64. The molecule has 0 heterocycles. The van der Waals surface area contributed by atoms with Gasteiger partial charge >= 0.3 is 0 Å². The molecule has 0 fully saturated rings. The number of hydrogen-bond acceptors (Lipinski definition) is 3. The molecule has 1 aromatic rings. The molecule has 0 bridgehead atoms. The SMILES string of the molecule is Cc1cccc(NCCC(C)(C)C)c1[N+](=O)[O-]. The maximum atomic E-state index is 11.0. The van der Waals surface area contributed by atoms with Gasteiger partial charge < -0.3 is 5.32 Å². The monoisotopic (exact) mass is 236 g/mol. The van der Waals surface area contributed by atoms with Crippen molar-refractivity contribution in [2.24, 2.45) is 5.41 Å². The largest absolute Gasteiger partial charge is 0.379 e. The van der Waals surface area contributed by atoms with Crippen molar-refractivity contribution in [3.8, 4) is 0 Å². The Morgan fingerprint density at radius 3 is 2.53 bits per heavy atom. The van der Waals surface area contributed by atoms with Gasteiger partial charge in [0.25, 0.3) is 5.69 Å². The first-order valence-corrected chi connectivity index (χ1v) is 5.79. The van der Waals surface area contributed by atoms with Gasteiger partial charge in [-0.15, -0.1) is 0 Å². The van der Waals surface area contributed by atoms with Crippen LogP contribution in [-0.4, -0.2) is 11.5 Å². The van der Waals surface area contributed by atoms with Gasteiger partial charge in [-0.05, 0) is 24.8 Å². The summed E-state index contributed by atoms with van der Waals surface area (Å²) in [6, 6.07) is 5.35. The van der Waals surface area contributed by atoms with Crippen LogP contribution in [0.3, 0.4) is 0 Å². The van der Waals surface area contributed by atoms with E-state index in [1.165, 1.54) is 0 Å². The molecular formula is C13H20N2O2. The summed E-state index contributed by atoms with van der Waals surface area (Å²) in [4.78, 5) is 10.6. The lowest BCUT2D eigenvalue weighted by Gasteiger charge is -2.18. The lowest BCUT2D eigenvalue weighted by molar-refractivity contribution is -0.384. The molecule has 1 rings (SSSR count). The Bertz CT molecular complexity index is 408. The van der Waals surface area contributed by atoms with Gasteiger partial charge in [-0.1, -0.05) is 32.9 Å². The van der Waals surface area contributed by atoms with Crippen molar-refractivity contribution in [2.45, 2.75) is 34.1 Å². The summed E-state index contributed by atoms with van der Waals surface area (Å²) in [5, 5.41) is 14.1. The molecule has 0 radical (unpaired) electrons. The fourth-order valence-electron chi connectivity index (χ4n) is 1.62. The van der Waals surface area contributed by atoms with E-state index in [1.807, 2.05) is 6.07 Å². The predicted molar refractivity (Wildman–Crippen MR) is 70.4 cm³/mol. The molecule has 0 amide bonds. The average molecular weight is 236 g/mol. The molecule has 0 aliphatic heterocycles. The molecule has 0 aliphatic carbocycles. The zero-order valence-corrected chi connectivity index (χ0v) is 10.9. The lowest BCUT2D eigenvalue weighted by Crippen LogP contribution is -2.13. The minimum atomic E-state index is -0.325. The first kappa shape index (κ1) is 13.5. The number of hydrogen-bond donors (Lipinski definition) is 1. The molecule has 1 N–H and O–H groups in total. The van der Waals surface area contributed by atoms with E-state index in [2.05, 4.69) is 26.1 Å². The van der Waals surface area contributed by atoms with E-state index >= 15 is 0 Å². The quantitative estimate of drug-likeness (QED) is 0.639. The summed E-state index contributed by atoms with van der Waals surface area (Å²) in [5.74, 6) is 0.